The Morgan fingerprint density at radius 3 is 2.59 bits per heavy atom. The molecule has 27 heavy (non-hydrogen) atoms. The molecule has 1 aliphatic rings. The van der Waals surface area contributed by atoms with Gasteiger partial charge in [0.1, 0.15) is 16.7 Å². The summed E-state index contributed by atoms with van der Waals surface area (Å²) in [5.41, 5.74) is 0. The molecular formula is C21H28FN3OS. The highest BCUT2D eigenvalue weighted by Gasteiger charge is 2.09. The Labute approximate surface area is 165 Å². The zero-order valence-electron chi connectivity index (χ0n) is 16.0. The third kappa shape index (κ3) is 7.11. The minimum Gasteiger partial charge on any atom is -0.478 e. The van der Waals surface area contributed by atoms with E-state index in [2.05, 4.69) is 14.9 Å². The van der Waals surface area contributed by atoms with Gasteiger partial charge in [0.15, 0.2) is 0 Å². The van der Waals surface area contributed by atoms with E-state index in [0.717, 1.165) is 16.3 Å². The van der Waals surface area contributed by atoms with Crippen LogP contribution in [0.25, 0.3) is 0 Å². The van der Waals surface area contributed by atoms with Gasteiger partial charge in [-0.25, -0.2) is 9.37 Å². The number of ether oxygens (including phenoxy) is 1. The second kappa shape index (κ2) is 10.6. The Morgan fingerprint density at radius 1 is 1.04 bits per heavy atom. The standard InChI is InChI=1S/C21H28FN3OS/c1-17-23-20(16-21(24-17)27-19-10-8-18(22)9-11-19)26-15-7-3-6-14-25-12-4-2-5-13-25/h8-11,16H,2-7,12-15H2,1H3. The topological polar surface area (TPSA) is 38.2 Å². The molecule has 1 aromatic carbocycles. The van der Waals surface area contributed by atoms with Crippen molar-refractivity contribution in [3.63, 3.8) is 0 Å². The van der Waals surface area contributed by atoms with Gasteiger partial charge in [0.25, 0.3) is 0 Å². The fourth-order valence-corrected chi connectivity index (χ4v) is 4.09. The number of hydrogen-bond acceptors (Lipinski definition) is 5. The fraction of sp³-hybridized carbons (Fsp3) is 0.524. The third-order valence-electron chi connectivity index (χ3n) is 4.64. The lowest BCUT2D eigenvalue weighted by molar-refractivity contribution is 0.220. The normalized spacial score (nSPS) is 15.0. The van der Waals surface area contributed by atoms with Crippen molar-refractivity contribution in [2.24, 2.45) is 0 Å². The van der Waals surface area contributed by atoms with E-state index in [1.807, 2.05) is 13.0 Å². The monoisotopic (exact) mass is 389 g/mol. The number of aryl methyl sites for hydroxylation is 1. The zero-order valence-corrected chi connectivity index (χ0v) is 16.8. The molecule has 146 valence electrons. The Morgan fingerprint density at radius 2 is 1.81 bits per heavy atom. The lowest BCUT2D eigenvalue weighted by Gasteiger charge is -2.26. The summed E-state index contributed by atoms with van der Waals surface area (Å²) in [5.74, 6) is 1.06. The summed E-state index contributed by atoms with van der Waals surface area (Å²) in [7, 11) is 0. The summed E-state index contributed by atoms with van der Waals surface area (Å²) in [5, 5.41) is 0.814. The molecule has 2 heterocycles. The second-order valence-corrected chi connectivity index (χ2v) is 8.05. The van der Waals surface area contributed by atoms with Crippen molar-refractivity contribution in [1.82, 2.24) is 14.9 Å². The molecule has 1 saturated heterocycles. The van der Waals surface area contributed by atoms with Crippen molar-refractivity contribution in [2.45, 2.75) is 55.4 Å². The largest absolute Gasteiger partial charge is 0.478 e. The average molecular weight is 390 g/mol. The molecule has 0 atom stereocenters. The predicted molar refractivity (Wildman–Crippen MR) is 107 cm³/mol. The molecule has 1 aromatic heterocycles. The number of halogens is 1. The maximum Gasteiger partial charge on any atom is 0.217 e. The van der Waals surface area contributed by atoms with Crippen LogP contribution < -0.4 is 4.74 Å². The van der Waals surface area contributed by atoms with E-state index in [1.54, 1.807) is 12.1 Å². The van der Waals surface area contributed by atoms with Crippen LogP contribution in [0.1, 0.15) is 44.3 Å². The first-order chi connectivity index (χ1) is 13.2. The molecule has 0 spiro atoms. The van der Waals surface area contributed by atoms with Crippen LogP contribution in [0.3, 0.4) is 0 Å². The maximum absolute atomic E-state index is 13.0. The van der Waals surface area contributed by atoms with Crippen LogP contribution in [0.4, 0.5) is 4.39 Å². The highest BCUT2D eigenvalue weighted by atomic mass is 32.2. The van der Waals surface area contributed by atoms with Crippen LogP contribution in [-0.4, -0.2) is 41.1 Å². The van der Waals surface area contributed by atoms with Crippen LogP contribution in [0.2, 0.25) is 0 Å². The van der Waals surface area contributed by atoms with Crippen molar-refractivity contribution < 1.29 is 9.13 Å². The molecule has 1 aliphatic heterocycles. The van der Waals surface area contributed by atoms with E-state index in [0.29, 0.717) is 18.3 Å². The zero-order chi connectivity index (χ0) is 18.9. The van der Waals surface area contributed by atoms with Gasteiger partial charge < -0.3 is 9.64 Å². The molecule has 0 bridgehead atoms. The van der Waals surface area contributed by atoms with Gasteiger partial charge in [0.05, 0.1) is 6.61 Å². The van der Waals surface area contributed by atoms with Crippen LogP contribution in [0, 0.1) is 12.7 Å². The molecule has 0 unspecified atom stereocenters. The fourth-order valence-electron chi connectivity index (χ4n) is 3.24. The molecular weight excluding hydrogens is 361 g/mol. The summed E-state index contributed by atoms with van der Waals surface area (Å²) >= 11 is 1.48. The molecule has 0 saturated carbocycles. The predicted octanol–water partition coefficient (Wildman–Crippen LogP) is 5.11. The van der Waals surface area contributed by atoms with Crippen molar-refractivity contribution in [1.29, 1.82) is 0 Å². The maximum atomic E-state index is 13.0. The molecule has 0 aliphatic carbocycles. The van der Waals surface area contributed by atoms with Crippen molar-refractivity contribution >= 4 is 11.8 Å². The van der Waals surface area contributed by atoms with Crippen LogP contribution in [0.5, 0.6) is 5.88 Å². The first-order valence-electron chi connectivity index (χ1n) is 9.83. The lowest BCUT2D eigenvalue weighted by Crippen LogP contribution is -2.30. The van der Waals surface area contributed by atoms with E-state index in [4.69, 9.17) is 4.74 Å². The first kappa shape index (κ1) is 20.1. The number of unbranched alkanes of at least 4 members (excludes halogenated alkanes) is 2. The quantitative estimate of drug-likeness (QED) is 0.440. The highest BCUT2D eigenvalue weighted by molar-refractivity contribution is 7.99. The molecule has 2 aromatic rings. The minimum absolute atomic E-state index is 0.234. The SMILES string of the molecule is Cc1nc(OCCCCCN2CCCCC2)cc(Sc2ccc(F)cc2)n1. The Kier molecular flexibility index (Phi) is 7.90. The molecule has 0 N–H and O–H groups in total. The minimum atomic E-state index is -0.234. The first-order valence-corrected chi connectivity index (χ1v) is 10.6. The summed E-state index contributed by atoms with van der Waals surface area (Å²) in [6, 6.07) is 8.27. The van der Waals surface area contributed by atoms with Gasteiger partial charge in [0.2, 0.25) is 5.88 Å². The van der Waals surface area contributed by atoms with Crippen molar-refractivity contribution in [2.75, 3.05) is 26.2 Å². The highest BCUT2D eigenvalue weighted by Crippen LogP contribution is 2.28. The molecule has 4 nitrogen and oxygen atoms in total. The Balaban J connectivity index is 1.40. The van der Waals surface area contributed by atoms with Gasteiger partial charge in [-0.05, 0) is 82.9 Å². The summed E-state index contributed by atoms with van der Waals surface area (Å²) in [6.45, 7) is 6.29. The number of rotatable bonds is 9. The second-order valence-electron chi connectivity index (χ2n) is 6.96. The van der Waals surface area contributed by atoms with Gasteiger partial charge in [-0.15, -0.1) is 0 Å². The lowest BCUT2D eigenvalue weighted by atomic mass is 10.1. The summed E-state index contributed by atoms with van der Waals surface area (Å²) in [4.78, 5) is 12.3. The van der Waals surface area contributed by atoms with E-state index in [-0.39, 0.29) is 5.82 Å². The molecule has 1 fully saturated rings. The van der Waals surface area contributed by atoms with Crippen LogP contribution >= 0.6 is 11.8 Å². The smallest absolute Gasteiger partial charge is 0.217 e. The Hall–Kier alpha value is -1.66. The van der Waals surface area contributed by atoms with Gasteiger partial charge in [-0.3, -0.25) is 0 Å². The number of hydrogen-bond donors (Lipinski definition) is 0. The summed E-state index contributed by atoms with van der Waals surface area (Å²) in [6.07, 6.45) is 7.56. The number of nitrogens with zero attached hydrogens (tertiary/aromatic N) is 3. The molecule has 3 rings (SSSR count). The molecule has 0 amide bonds. The summed E-state index contributed by atoms with van der Waals surface area (Å²) < 4.78 is 18.9. The third-order valence-corrected chi connectivity index (χ3v) is 5.57. The van der Waals surface area contributed by atoms with Crippen molar-refractivity contribution in [3.05, 3.63) is 42.0 Å². The van der Waals surface area contributed by atoms with Gasteiger partial charge >= 0.3 is 0 Å². The number of piperidine rings is 1. The van der Waals surface area contributed by atoms with E-state index in [1.165, 1.54) is 75.6 Å². The van der Waals surface area contributed by atoms with Crippen LogP contribution in [-0.2, 0) is 0 Å². The number of benzene rings is 1. The van der Waals surface area contributed by atoms with E-state index >= 15 is 0 Å². The van der Waals surface area contributed by atoms with Crippen LogP contribution in [0.15, 0.2) is 40.3 Å². The van der Waals surface area contributed by atoms with Gasteiger partial charge in [-0.1, -0.05) is 18.2 Å². The number of likely N-dealkylation sites (tertiary alicyclic amines) is 1. The number of aromatic nitrogens is 2. The van der Waals surface area contributed by atoms with E-state index < -0.39 is 0 Å². The Bertz CT molecular complexity index is 705. The van der Waals surface area contributed by atoms with E-state index in [9.17, 15) is 4.39 Å². The molecule has 0 radical (unpaired) electrons. The van der Waals surface area contributed by atoms with Crippen molar-refractivity contribution in [3.8, 4) is 5.88 Å². The van der Waals surface area contributed by atoms with Gasteiger partial charge in [0, 0.05) is 11.0 Å². The average Bonchev–Trinajstić information content (AvgIpc) is 2.67. The van der Waals surface area contributed by atoms with Gasteiger partial charge in [-0.2, -0.15) is 4.98 Å². The molecule has 6 heteroatoms.